The van der Waals surface area contributed by atoms with Gasteiger partial charge < -0.3 is 14.2 Å². The largest absolute Gasteiger partial charge is 0.462 e. The van der Waals surface area contributed by atoms with Crippen LogP contribution in [0.15, 0.2) is 134 Å². The molecule has 0 spiro atoms. The Morgan fingerprint density at radius 2 is 0.677 bits per heavy atom. The van der Waals surface area contributed by atoms with Gasteiger partial charge in [0.2, 0.25) is 0 Å². The molecule has 0 rings (SSSR count). The fourth-order valence-electron chi connectivity index (χ4n) is 6.34. The smallest absolute Gasteiger partial charge is 0.306 e. The van der Waals surface area contributed by atoms with Crippen LogP contribution >= 0.6 is 0 Å². The van der Waals surface area contributed by atoms with E-state index in [2.05, 4.69) is 118 Å². The fourth-order valence-corrected chi connectivity index (χ4v) is 6.34. The second-order valence-electron chi connectivity index (χ2n) is 16.4. The summed E-state index contributed by atoms with van der Waals surface area (Å²) in [5, 5.41) is 0. The molecule has 6 heteroatoms. The summed E-state index contributed by atoms with van der Waals surface area (Å²) < 4.78 is 16.7. The number of esters is 3. The third kappa shape index (κ3) is 50.4. The van der Waals surface area contributed by atoms with Crippen LogP contribution in [0.25, 0.3) is 0 Å². The van der Waals surface area contributed by atoms with Gasteiger partial charge in [-0.05, 0) is 109 Å². The van der Waals surface area contributed by atoms with Crippen LogP contribution in [0.4, 0.5) is 0 Å². The van der Waals surface area contributed by atoms with Gasteiger partial charge in [0.05, 0.1) is 0 Å². The van der Waals surface area contributed by atoms with Crippen molar-refractivity contribution in [1.82, 2.24) is 0 Å². The second-order valence-corrected chi connectivity index (χ2v) is 16.4. The van der Waals surface area contributed by atoms with Crippen LogP contribution in [0.3, 0.4) is 0 Å². The summed E-state index contributed by atoms with van der Waals surface area (Å²) in [6.45, 7) is 6.31. The molecule has 0 fully saturated rings. The summed E-state index contributed by atoms with van der Waals surface area (Å²) in [6, 6.07) is 0. The van der Waals surface area contributed by atoms with E-state index in [1.165, 1.54) is 70.6 Å². The average Bonchev–Trinajstić information content (AvgIpc) is 3.30. The number of hydrogen-bond acceptors (Lipinski definition) is 6. The summed E-state index contributed by atoms with van der Waals surface area (Å²) >= 11 is 0. The lowest BCUT2D eigenvalue weighted by molar-refractivity contribution is -0.167. The fraction of sp³-hybridized carbons (Fsp3) is 0.576. The molecule has 0 heterocycles. The summed E-state index contributed by atoms with van der Waals surface area (Å²) in [7, 11) is 0. The molecule has 6 nitrogen and oxygen atoms in total. The van der Waals surface area contributed by atoms with Crippen LogP contribution in [-0.2, 0) is 28.6 Å². The van der Waals surface area contributed by atoms with Crippen molar-refractivity contribution in [3.63, 3.8) is 0 Å². The van der Waals surface area contributed by atoms with E-state index >= 15 is 0 Å². The van der Waals surface area contributed by atoms with Crippen molar-refractivity contribution in [2.45, 2.75) is 207 Å². The first-order chi connectivity index (χ1) is 32.0. The van der Waals surface area contributed by atoms with Gasteiger partial charge in [0.1, 0.15) is 13.2 Å². The average molecular weight is 897 g/mol. The van der Waals surface area contributed by atoms with Crippen LogP contribution < -0.4 is 0 Å². The van der Waals surface area contributed by atoms with Crippen molar-refractivity contribution in [1.29, 1.82) is 0 Å². The maximum atomic E-state index is 12.8. The van der Waals surface area contributed by atoms with Gasteiger partial charge in [-0.15, -0.1) is 0 Å². The summed E-state index contributed by atoms with van der Waals surface area (Å²) in [5.41, 5.74) is 0. The first-order valence-corrected chi connectivity index (χ1v) is 25.7. The van der Waals surface area contributed by atoms with Crippen LogP contribution in [-0.4, -0.2) is 37.2 Å². The Kier molecular flexibility index (Phi) is 48.6. The molecule has 0 aromatic carbocycles. The molecule has 0 aromatic rings. The molecular weight excluding hydrogens is 805 g/mol. The Bertz CT molecular complexity index is 1450. The normalized spacial score (nSPS) is 13.2. The highest BCUT2D eigenvalue weighted by Gasteiger charge is 2.19. The molecule has 0 saturated carbocycles. The zero-order chi connectivity index (χ0) is 47.2. The van der Waals surface area contributed by atoms with Crippen molar-refractivity contribution < 1.29 is 28.6 Å². The van der Waals surface area contributed by atoms with Crippen molar-refractivity contribution >= 4 is 17.9 Å². The Hall–Kier alpha value is -4.45. The van der Waals surface area contributed by atoms with Gasteiger partial charge >= 0.3 is 17.9 Å². The van der Waals surface area contributed by atoms with Gasteiger partial charge in [-0.1, -0.05) is 206 Å². The van der Waals surface area contributed by atoms with Gasteiger partial charge in [0, 0.05) is 19.3 Å². The highest BCUT2D eigenvalue weighted by Crippen LogP contribution is 2.10. The van der Waals surface area contributed by atoms with E-state index < -0.39 is 12.1 Å². The predicted molar refractivity (Wildman–Crippen MR) is 279 cm³/mol. The quantitative estimate of drug-likeness (QED) is 0.0199. The van der Waals surface area contributed by atoms with E-state index in [1.54, 1.807) is 0 Å². The zero-order valence-corrected chi connectivity index (χ0v) is 41.4. The minimum atomic E-state index is -0.847. The molecule has 0 aliphatic carbocycles. The highest BCUT2D eigenvalue weighted by atomic mass is 16.6. The predicted octanol–water partition coefficient (Wildman–Crippen LogP) is 17.1. The molecule has 0 aliphatic heterocycles. The third-order valence-corrected chi connectivity index (χ3v) is 10.2. The van der Waals surface area contributed by atoms with Gasteiger partial charge in [0.15, 0.2) is 6.10 Å². The maximum absolute atomic E-state index is 12.8. The number of carbonyl (C=O) groups is 3. The number of ether oxygens (including phenoxy) is 3. The molecule has 1 unspecified atom stereocenters. The van der Waals surface area contributed by atoms with Crippen molar-refractivity contribution in [3.8, 4) is 0 Å². The molecule has 0 N–H and O–H groups in total. The molecule has 0 saturated heterocycles. The second kappa shape index (κ2) is 52.2. The Morgan fingerprint density at radius 3 is 1.17 bits per heavy atom. The highest BCUT2D eigenvalue weighted by molar-refractivity contribution is 5.71. The van der Waals surface area contributed by atoms with Crippen LogP contribution in [0.1, 0.15) is 201 Å². The molecule has 65 heavy (non-hydrogen) atoms. The van der Waals surface area contributed by atoms with E-state index in [1.807, 2.05) is 36.5 Å². The molecular formula is C59H92O6. The van der Waals surface area contributed by atoms with Gasteiger partial charge in [-0.3, -0.25) is 14.4 Å². The van der Waals surface area contributed by atoms with Crippen LogP contribution in [0.5, 0.6) is 0 Å². The number of unbranched alkanes of at least 4 members (excludes halogenated alkanes) is 14. The lowest BCUT2D eigenvalue weighted by atomic mass is 10.1. The number of allylic oxidation sites excluding steroid dienone is 22. The minimum Gasteiger partial charge on any atom is -0.462 e. The van der Waals surface area contributed by atoms with Crippen molar-refractivity contribution in [2.24, 2.45) is 0 Å². The number of carbonyl (C=O) groups excluding carboxylic acids is 3. The molecule has 364 valence electrons. The summed E-state index contributed by atoms with van der Waals surface area (Å²) in [6.07, 6.45) is 73.0. The summed E-state index contributed by atoms with van der Waals surface area (Å²) in [5.74, 6) is -1.10. The van der Waals surface area contributed by atoms with Crippen LogP contribution in [0, 0.1) is 0 Å². The molecule has 0 aliphatic rings. The van der Waals surface area contributed by atoms with Crippen molar-refractivity contribution in [2.75, 3.05) is 13.2 Å². The van der Waals surface area contributed by atoms with Gasteiger partial charge in [-0.25, -0.2) is 0 Å². The van der Waals surface area contributed by atoms with Crippen molar-refractivity contribution in [3.05, 3.63) is 134 Å². The van der Waals surface area contributed by atoms with Gasteiger partial charge in [-0.2, -0.15) is 0 Å². The molecule has 0 amide bonds. The zero-order valence-electron chi connectivity index (χ0n) is 41.4. The lowest BCUT2D eigenvalue weighted by Gasteiger charge is -2.18. The van der Waals surface area contributed by atoms with E-state index in [0.717, 1.165) is 70.6 Å². The maximum Gasteiger partial charge on any atom is 0.306 e. The molecule has 0 bridgehead atoms. The van der Waals surface area contributed by atoms with Gasteiger partial charge in [0.25, 0.3) is 0 Å². The standard InChI is InChI=1S/C59H92O6/c1-4-7-10-13-16-19-22-25-27-29-31-34-37-40-43-46-49-52-58(61)64-55-56(54-63-57(60)51-48-45-42-39-36-33-24-21-18-15-12-9-6-3)65-59(62)53-50-47-44-41-38-35-32-30-28-26-23-20-17-14-11-8-5-2/h9,12,15-16,18-19,21,24-28,31-36,40-41,43-44,56H,4-8,10-11,13-14,17,20,22-23,29-30,37-39,42,45-55H2,1-3H3/b12-9-,18-15-,19-16-,24-21-,27-25-,28-26-,34-31-,35-32-,36-33-,43-40-,44-41-. The number of rotatable bonds is 44. The van der Waals surface area contributed by atoms with E-state index in [4.69, 9.17) is 14.2 Å². The molecule has 0 radical (unpaired) electrons. The Morgan fingerprint density at radius 1 is 0.338 bits per heavy atom. The third-order valence-electron chi connectivity index (χ3n) is 10.2. The summed E-state index contributed by atoms with van der Waals surface area (Å²) in [4.78, 5) is 37.9. The lowest BCUT2D eigenvalue weighted by Crippen LogP contribution is -2.30. The van der Waals surface area contributed by atoms with E-state index in [0.29, 0.717) is 19.3 Å². The van der Waals surface area contributed by atoms with Crippen LogP contribution in [0.2, 0.25) is 0 Å². The Balaban J connectivity index is 4.64. The Labute approximate surface area is 398 Å². The first-order valence-electron chi connectivity index (χ1n) is 25.7. The van der Waals surface area contributed by atoms with E-state index in [-0.39, 0.29) is 44.4 Å². The first kappa shape index (κ1) is 60.5. The monoisotopic (exact) mass is 897 g/mol. The van der Waals surface area contributed by atoms with E-state index in [9.17, 15) is 14.4 Å². The molecule has 0 aromatic heterocycles. The molecule has 1 atom stereocenters. The minimum absolute atomic E-state index is 0.141. The number of hydrogen-bond donors (Lipinski definition) is 0. The topological polar surface area (TPSA) is 78.9 Å². The SMILES string of the molecule is CC\C=C/C=C\C=C/C=C\CCCCCC(=O)OCC(COC(=O)CCC/C=C\C/C=C\C/C=C\C/C=C\CCCCC)OC(=O)CCC/C=C\C/C=C\C/C=C\CCCCCCCC.